The molecule has 176 valence electrons. The zero-order valence-corrected chi connectivity index (χ0v) is 18.2. The van der Waals surface area contributed by atoms with Gasteiger partial charge in [0.15, 0.2) is 23.0 Å². The van der Waals surface area contributed by atoms with E-state index < -0.39 is 36.3 Å². The van der Waals surface area contributed by atoms with Crippen LogP contribution >= 0.6 is 0 Å². The van der Waals surface area contributed by atoms with Gasteiger partial charge in [0, 0.05) is 18.0 Å². The highest BCUT2D eigenvalue weighted by atomic mass is 19.2. The fourth-order valence-corrected chi connectivity index (χ4v) is 3.64. The summed E-state index contributed by atoms with van der Waals surface area (Å²) in [4.78, 5) is 21.8. The number of carbonyl (C=O) groups is 1. The molecule has 0 atom stereocenters. The average Bonchev–Trinajstić information content (AvgIpc) is 3.20. The summed E-state index contributed by atoms with van der Waals surface area (Å²) in [6, 6.07) is 12.0. The molecule has 8 nitrogen and oxygen atoms in total. The van der Waals surface area contributed by atoms with E-state index in [2.05, 4.69) is 15.3 Å². The van der Waals surface area contributed by atoms with Crippen LogP contribution in [0.1, 0.15) is 27.4 Å². The van der Waals surface area contributed by atoms with Crippen LogP contribution in [0.5, 0.6) is 5.75 Å². The Kier molecular flexibility index (Phi) is 6.53. The number of hydrogen-bond donors (Lipinski definition) is 3. The molecule has 0 saturated carbocycles. The summed E-state index contributed by atoms with van der Waals surface area (Å²) in [5.41, 5.74) is -0.387. The predicted octanol–water partition coefficient (Wildman–Crippen LogP) is 2.50. The molecule has 3 aromatic heterocycles. The van der Waals surface area contributed by atoms with Gasteiger partial charge < -0.3 is 20.3 Å². The summed E-state index contributed by atoms with van der Waals surface area (Å²) in [6.45, 7) is 0.206. The molecule has 1 aromatic carbocycles. The highest BCUT2D eigenvalue weighted by Gasteiger charge is 2.36. The Balaban J connectivity index is 1.65. The minimum absolute atomic E-state index is 0.0364. The van der Waals surface area contributed by atoms with Crippen LogP contribution in [0.15, 0.2) is 60.9 Å². The first-order valence-corrected chi connectivity index (χ1v) is 10.4. The lowest BCUT2D eigenvalue weighted by Crippen LogP contribution is -2.52. The van der Waals surface area contributed by atoms with Gasteiger partial charge in [-0.1, -0.05) is 18.2 Å². The van der Waals surface area contributed by atoms with E-state index in [0.29, 0.717) is 17.0 Å². The van der Waals surface area contributed by atoms with Gasteiger partial charge in [-0.15, -0.1) is 0 Å². The van der Waals surface area contributed by atoms with Gasteiger partial charge in [-0.05, 0) is 37.3 Å². The fraction of sp³-hybridized carbons (Fsp3) is 0.208. The molecule has 0 aliphatic rings. The second-order valence-corrected chi connectivity index (χ2v) is 7.68. The van der Waals surface area contributed by atoms with Gasteiger partial charge in [0.25, 0.3) is 5.91 Å². The minimum atomic E-state index is -1.52. The number of aromatic nitrogens is 3. The number of rotatable bonds is 8. The van der Waals surface area contributed by atoms with Crippen molar-refractivity contribution in [2.75, 3.05) is 13.2 Å². The van der Waals surface area contributed by atoms with Gasteiger partial charge in [-0.2, -0.15) is 0 Å². The van der Waals surface area contributed by atoms with E-state index in [1.165, 1.54) is 22.7 Å². The largest absolute Gasteiger partial charge is 0.485 e. The van der Waals surface area contributed by atoms with Crippen molar-refractivity contribution in [2.24, 2.45) is 0 Å². The number of aryl methyl sites for hydroxylation is 1. The van der Waals surface area contributed by atoms with Gasteiger partial charge in [0.1, 0.15) is 17.8 Å². The SMILES string of the molecule is Cc1nc2c(OCc3cccc(F)c3F)cccn2c1C(=O)NC(CO)(CO)c1ccccn1. The summed E-state index contributed by atoms with van der Waals surface area (Å²) >= 11 is 0. The molecular weight excluding hydrogens is 446 g/mol. The molecule has 3 heterocycles. The van der Waals surface area contributed by atoms with Crippen molar-refractivity contribution in [1.29, 1.82) is 0 Å². The molecular formula is C24H22F2N4O4. The highest BCUT2D eigenvalue weighted by Crippen LogP contribution is 2.25. The number of aliphatic hydroxyl groups is 2. The lowest BCUT2D eigenvalue weighted by molar-refractivity contribution is 0.0638. The lowest BCUT2D eigenvalue weighted by Gasteiger charge is -2.30. The summed E-state index contributed by atoms with van der Waals surface area (Å²) in [5, 5.41) is 22.7. The smallest absolute Gasteiger partial charge is 0.271 e. The first kappa shape index (κ1) is 23.3. The standard InChI is InChI=1S/C24H22F2N4O4/c1-15-21(23(33)29-24(13-31,14-32)19-9-2-3-10-27-19)30-11-5-8-18(22(30)28-15)34-12-16-6-4-7-17(25)20(16)26/h2-11,31-32H,12-14H2,1H3,(H,29,33). The van der Waals surface area contributed by atoms with Crippen molar-refractivity contribution in [3.63, 3.8) is 0 Å². The molecule has 4 rings (SSSR count). The van der Waals surface area contributed by atoms with Gasteiger partial charge >= 0.3 is 0 Å². The third kappa shape index (κ3) is 4.20. The molecule has 0 unspecified atom stereocenters. The van der Waals surface area contributed by atoms with Crippen LogP contribution in [-0.4, -0.2) is 43.7 Å². The normalized spacial score (nSPS) is 11.6. The Morgan fingerprint density at radius 2 is 1.91 bits per heavy atom. The van der Waals surface area contributed by atoms with Crippen molar-refractivity contribution >= 4 is 11.6 Å². The van der Waals surface area contributed by atoms with E-state index in [1.54, 1.807) is 43.5 Å². The maximum atomic E-state index is 14.0. The van der Waals surface area contributed by atoms with Gasteiger partial charge in [0.05, 0.1) is 24.6 Å². The molecule has 1 amide bonds. The summed E-state index contributed by atoms with van der Waals surface area (Å²) in [6.07, 6.45) is 3.09. The molecule has 0 aliphatic carbocycles. The van der Waals surface area contributed by atoms with Gasteiger partial charge in [-0.3, -0.25) is 14.2 Å². The molecule has 3 N–H and O–H groups in total. The molecule has 0 spiro atoms. The Morgan fingerprint density at radius 1 is 1.12 bits per heavy atom. The number of imidazole rings is 1. The van der Waals surface area contributed by atoms with E-state index in [9.17, 15) is 23.8 Å². The Hall–Kier alpha value is -3.89. The van der Waals surface area contributed by atoms with Crippen molar-refractivity contribution in [3.8, 4) is 5.75 Å². The third-order valence-corrected chi connectivity index (χ3v) is 5.47. The number of pyridine rings is 2. The first-order chi connectivity index (χ1) is 16.4. The number of benzene rings is 1. The number of nitrogens with zero attached hydrogens (tertiary/aromatic N) is 3. The van der Waals surface area contributed by atoms with Crippen molar-refractivity contribution in [3.05, 3.63) is 95.2 Å². The molecule has 34 heavy (non-hydrogen) atoms. The quantitative estimate of drug-likeness (QED) is 0.367. The molecule has 0 aliphatic heterocycles. The lowest BCUT2D eigenvalue weighted by atomic mass is 9.96. The van der Waals surface area contributed by atoms with Gasteiger partial charge in [-0.25, -0.2) is 13.8 Å². The van der Waals surface area contributed by atoms with Crippen LogP contribution in [0.25, 0.3) is 5.65 Å². The molecule has 0 bridgehead atoms. The number of fused-ring (bicyclic) bond motifs is 1. The van der Waals surface area contributed by atoms with E-state index in [0.717, 1.165) is 6.07 Å². The first-order valence-electron chi connectivity index (χ1n) is 10.4. The maximum absolute atomic E-state index is 14.0. The maximum Gasteiger partial charge on any atom is 0.271 e. The van der Waals surface area contributed by atoms with Crippen LogP contribution in [0.4, 0.5) is 8.78 Å². The average molecular weight is 468 g/mol. The topological polar surface area (TPSA) is 109 Å². The number of carbonyl (C=O) groups excluding carboxylic acids is 1. The fourth-order valence-electron chi connectivity index (χ4n) is 3.64. The minimum Gasteiger partial charge on any atom is -0.485 e. The summed E-state index contributed by atoms with van der Waals surface area (Å²) in [5.74, 6) is -2.31. The molecule has 0 fully saturated rings. The van der Waals surface area contributed by atoms with Crippen LogP contribution in [0, 0.1) is 18.6 Å². The van der Waals surface area contributed by atoms with E-state index in [1.807, 2.05) is 0 Å². The molecule has 0 radical (unpaired) electrons. The predicted molar refractivity (Wildman–Crippen MR) is 118 cm³/mol. The number of nitrogens with one attached hydrogen (secondary N) is 1. The highest BCUT2D eigenvalue weighted by molar-refractivity contribution is 5.95. The summed E-state index contributed by atoms with van der Waals surface area (Å²) < 4.78 is 34.6. The Bertz CT molecular complexity index is 1320. The molecule has 4 aromatic rings. The monoisotopic (exact) mass is 468 g/mol. The van der Waals surface area contributed by atoms with Crippen LogP contribution in [-0.2, 0) is 12.1 Å². The number of halogens is 2. The van der Waals surface area contributed by atoms with E-state index in [4.69, 9.17) is 4.74 Å². The number of hydrogen-bond acceptors (Lipinski definition) is 6. The molecule has 0 saturated heterocycles. The number of amides is 1. The Morgan fingerprint density at radius 3 is 2.62 bits per heavy atom. The van der Waals surface area contributed by atoms with E-state index in [-0.39, 0.29) is 23.6 Å². The molecule has 10 heteroatoms. The second-order valence-electron chi connectivity index (χ2n) is 7.68. The van der Waals surface area contributed by atoms with Crippen LogP contribution < -0.4 is 10.1 Å². The van der Waals surface area contributed by atoms with Gasteiger partial charge in [0.2, 0.25) is 0 Å². The van der Waals surface area contributed by atoms with Crippen LogP contribution in [0.3, 0.4) is 0 Å². The van der Waals surface area contributed by atoms with Crippen molar-refractivity contribution in [2.45, 2.75) is 19.1 Å². The van der Waals surface area contributed by atoms with E-state index >= 15 is 0 Å². The summed E-state index contributed by atoms with van der Waals surface area (Å²) in [7, 11) is 0. The third-order valence-electron chi connectivity index (χ3n) is 5.47. The van der Waals surface area contributed by atoms with Crippen LogP contribution in [0.2, 0.25) is 0 Å². The van der Waals surface area contributed by atoms with Crippen molar-refractivity contribution in [1.82, 2.24) is 19.7 Å². The zero-order chi connectivity index (χ0) is 24.3. The number of aliphatic hydroxyl groups excluding tert-OH is 2. The number of ether oxygens (including phenoxy) is 1. The Labute approximate surface area is 193 Å². The second kappa shape index (κ2) is 9.54. The van der Waals surface area contributed by atoms with Crippen molar-refractivity contribution < 1.29 is 28.5 Å². The zero-order valence-electron chi connectivity index (χ0n) is 18.2.